The lowest BCUT2D eigenvalue weighted by molar-refractivity contribution is -0.150. The average molecular weight is 302 g/mol. The van der Waals surface area contributed by atoms with Gasteiger partial charge in [-0.3, -0.25) is 4.79 Å². The predicted octanol–water partition coefficient (Wildman–Crippen LogP) is 3.30. The summed E-state index contributed by atoms with van der Waals surface area (Å²) in [6, 6.07) is 5.90. The maximum atomic E-state index is 12.4. The molecule has 118 valence electrons. The fourth-order valence-electron chi connectivity index (χ4n) is 2.12. The normalized spacial score (nSPS) is 13.8. The molecule has 4 nitrogen and oxygen atoms in total. The van der Waals surface area contributed by atoms with Gasteiger partial charge in [0, 0.05) is 5.56 Å². The highest BCUT2D eigenvalue weighted by atomic mass is 19.3. The minimum absolute atomic E-state index is 0.134. The molecule has 0 amide bonds. The zero-order valence-electron chi connectivity index (χ0n) is 12.1. The van der Waals surface area contributed by atoms with Crippen molar-refractivity contribution in [2.45, 2.75) is 38.9 Å². The van der Waals surface area contributed by atoms with Gasteiger partial charge in [0.2, 0.25) is 0 Å². The summed E-state index contributed by atoms with van der Waals surface area (Å²) in [6.07, 6.45) is 0.719. The van der Waals surface area contributed by atoms with Crippen LogP contribution in [0, 0.1) is 5.92 Å². The standard InChI is InChI=1S/C15H20F2O4/c1-3-4-7-11(14(19)20-2)13(18)10-8-5-6-9-12(10)21-15(16)17/h5-6,8-9,11,13,15,18H,3-4,7H2,1-2H3. The van der Waals surface area contributed by atoms with Gasteiger partial charge in [-0.25, -0.2) is 0 Å². The molecule has 1 aromatic rings. The topological polar surface area (TPSA) is 55.8 Å². The average Bonchev–Trinajstić information content (AvgIpc) is 2.47. The lowest BCUT2D eigenvalue weighted by Crippen LogP contribution is -2.24. The minimum atomic E-state index is -2.99. The number of ether oxygens (including phenoxy) is 2. The van der Waals surface area contributed by atoms with E-state index in [1.165, 1.54) is 25.3 Å². The van der Waals surface area contributed by atoms with Crippen molar-refractivity contribution in [3.05, 3.63) is 29.8 Å². The summed E-state index contributed by atoms with van der Waals surface area (Å²) in [7, 11) is 1.23. The molecule has 0 spiro atoms. The second kappa shape index (κ2) is 8.56. The maximum Gasteiger partial charge on any atom is 0.387 e. The number of rotatable bonds is 8. The Balaban J connectivity index is 3.02. The van der Waals surface area contributed by atoms with E-state index in [1.807, 2.05) is 6.92 Å². The number of methoxy groups -OCH3 is 1. The third-order valence-electron chi connectivity index (χ3n) is 3.21. The van der Waals surface area contributed by atoms with Crippen molar-refractivity contribution in [2.75, 3.05) is 7.11 Å². The highest BCUT2D eigenvalue weighted by Crippen LogP contribution is 2.33. The van der Waals surface area contributed by atoms with E-state index in [-0.39, 0.29) is 11.3 Å². The number of carbonyl (C=O) groups excluding carboxylic acids is 1. The molecule has 0 radical (unpaired) electrons. The lowest BCUT2D eigenvalue weighted by Gasteiger charge is -2.22. The van der Waals surface area contributed by atoms with E-state index in [0.29, 0.717) is 12.8 Å². The summed E-state index contributed by atoms with van der Waals surface area (Å²) >= 11 is 0. The number of hydrogen-bond donors (Lipinski definition) is 1. The lowest BCUT2D eigenvalue weighted by atomic mass is 9.90. The largest absolute Gasteiger partial charge is 0.469 e. The number of aliphatic hydroxyl groups is 1. The Kier molecular flexibility index (Phi) is 7.08. The van der Waals surface area contributed by atoms with Crippen molar-refractivity contribution >= 4 is 5.97 Å². The van der Waals surface area contributed by atoms with Gasteiger partial charge in [0.25, 0.3) is 0 Å². The first-order valence-electron chi connectivity index (χ1n) is 6.80. The van der Waals surface area contributed by atoms with E-state index in [1.54, 1.807) is 6.07 Å². The van der Waals surface area contributed by atoms with Gasteiger partial charge in [-0.1, -0.05) is 38.0 Å². The van der Waals surface area contributed by atoms with Crippen LogP contribution in [-0.2, 0) is 9.53 Å². The molecule has 0 aromatic heterocycles. The second-order valence-electron chi connectivity index (χ2n) is 4.63. The molecule has 0 aliphatic carbocycles. The molecule has 21 heavy (non-hydrogen) atoms. The van der Waals surface area contributed by atoms with E-state index in [0.717, 1.165) is 6.42 Å². The molecule has 2 atom stereocenters. The number of halogens is 2. The number of alkyl halides is 2. The van der Waals surface area contributed by atoms with E-state index >= 15 is 0 Å². The molecule has 0 bridgehead atoms. The summed E-state index contributed by atoms with van der Waals surface area (Å²) in [5.74, 6) is -1.51. The van der Waals surface area contributed by atoms with Crippen LogP contribution in [0.3, 0.4) is 0 Å². The predicted molar refractivity (Wildman–Crippen MR) is 73.1 cm³/mol. The second-order valence-corrected chi connectivity index (χ2v) is 4.63. The van der Waals surface area contributed by atoms with Gasteiger partial charge < -0.3 is 14.6 Å². The first-order valence-corrected chi connectivity index (χ1v) is 6.80. The Morgan fingerprint density at radius 2 is 2.00 bits per heavy atom. The van der Waals surface area contributed by atoms with Crippen LogP contribution >= 0.6 is 0 Å². The summed E-state index contributed by atoms with van der Waals surface area (Å²) in [5, 5.41) is 10.4. The molecule has 1 N–H and O–H groups in total. The van der Waals surface area contributed by atoms with Gasteiger partial charge in [-0.15, -0.1) is 0 Å². The highest BCUT2D eigenvalue weighted by molar-refractivity contribution is 5.73. The Bertz CT molecular complexity index is 451. The Morgan fingerprint density at radius 1 is 1.33 bits per heavy atom. The highest BCUT2D eigenvalue weighted by Gasteiger charge is 2.30. The monoisotopic (exact) mass is 302 g/mol. The van der Waals surface area contributed by atoms with Crippen LogP contribution in [0.25, 0.3) is 0 Å². The van der Waals surface area contributed by atoms with Gasteiger partial charge in [-0.2, -0.15) is 8.78 Å². The molecule has 0 aliphatic heterocycles. The van der Waals surface area contributed by atoms with Gasteiger partial charge in [0.1, 0.15) is 5.75 Å². The molecule has 0 saturated heterocycles. The number of unbranched alkanes of at least 4 members (excludes halogenated alkanes) is 1. The van der Waals surface area contributed by atoms with E-state index in [9.17, 15) is 18.7 Å². The van der Waals surface area contributed by atoms with Crippen molar-refractivity contribution in [3.8, 4) is 5.75 Å². The van der Waals surface area contributed by atoms with E-state index in [2.05, 4.69) is 9.47 Å². The van der Waals surface area contributed by atoms with Gasteiger partial charge in [0.05, 0.1) is 19.1 Å². The van der Waals surface area contributed by atoms with Gasteiger partial charge in [0.15, 0.2) is 0 Å². The summed E-state index contributed by atoms with van der Waals surface area (Å²) < 4.78 is 33.9. The zero-order valence-corrected chi connectivity index (χ0v) is 12.1. The minimum Gasteiger partial charge on any atom is -0.469 e. The maximum absolute atomic E-state index is 12.4. The molecular formula is C15H20F2O4. The van der Waals surface area contributed by atoms with Crippen molar-refractivity contribution in [3.63, 3.8) is 0 Å². The summed E-state index contributed by atoms with van der Waals surface area (Å²) in [5.41, 5.74) is 0.157. The molecule has 2 unspecified atom stereocenters. The quantitative estimate of drug-likeness (QED) is 0.749. The summed E-state index contributed by atoms with van der Waals surface area (Å²) in [6.45, 7) is -1.04. The van der Waals surface area contributed by atoms with Crippen LogP contribution in [0.2, 0.25) is 0 Å². The zero-order chi connectivity index (χ0) is 15.8. The van der Waals surface area contributed by atoms with Crippen LogP contribution in [-0.4, -0.2) is 24.8 Å². The molecular weight excluding hydrogens is 282 g/mol. The van der Waals surface area contributed by atoms with Crippen LogP contribution in [0.15, 0.2) is 24.3 Å². The number of aliphatic hydroxyl groups excluding tert-OH is 1. The number of benzene rings is 1. The molecule has 0 saturated carbocycles. The SMILES string of the molecule is CCCCC(C(=O)OC)C(O)c1ccccc1OC(F)F. The van der Waals surface area contributed by atoms with E-state index in [4.69, 9.17) is 0 Å². The number of carbonyl (C=O) groups is 1. The van der Waals surface area contributed by atoms with Crippen LogP contribution in [0.4, 0.5) is 8.78 Å². The third kappa shape index (κ3) is 4.97. The van der Waals surface area contributed by atoms with Crippen molar-refractivity contribution in [2.24, 2.45) is 5.92 Å². The Morgan fingerprint density at radius 3 is 2.57 bits per heavy atom. The fourth-order valence-corrected chi connectivity index (χ4v) is 2.12. The molecule has 0 heterocycles. The fraction of sp³-hybridized carbons (Fsp3) is 0.533. The van der Waals surface area contributed by atoms with Crippen molar-refractivity contribution in [1.82, 2.24) is 0 Å². The summed E-state index contributed by atoms with van der Waals surface area (Å²) in [4.78, 5) is 11.8. The van der Waals surface area contributed by atoms with Crippen LogP contribution in [0.5, 0.6) is 5.75 Å². The Labute approximate surface area is 122 Å². The third-order valence-corrected chi connectivity index (χ3v) is 3.21. The van der Waals surface area contributed by atoms with Crippen molar-refractivity contribution < 1.29 is 28.2 Å². The molecule has 1 rings (SSSR count). The smallest absolute Gasteiger partial charge is 0.387 e. The number of esters is 1. The number of para-hydroxylation sites is 1. The van der Waals surface area contributed by atoms with Crippen molar-refractivity contribution in [1.29, 1.82) is 0 Å². The first kappa shape index (κ1) is 17.4. The number of hydrogen-bond acceptors (Lipinski definition) is 4. The first-order chi connectivity index (χ1) is 10.0. The van der Waals surface area contributed by atoms with E-state index < -0.39 is 24.6 Å². The molecule has 1 aromatic carbocycles. The molecule has 0 fully saturated rings. The van der Waals surface area contributed by atoms with Gasteiger partial charge in [-0.05, 0) is 12.5 Å². The van der Waals surface area contributed by atoms with Gasteiger partial charge >= 0.3 is 12.6 Å². The molecule has 6 heteroatoms. The Hall–Kier alpha value is -1.69. The van der Waals surface area contributed by atoms with Crippen LogP contribution < -0.4 is 4.74 Å². The molecule has 0 aliphatic rings. The van der Waals surface area contributed by atoms with Crippen LogP contribution in [0.1, 0.15) is 37.9 Å².